The minimum absolute atomic E-state index is 0.223. The molecule has 2 aliphatic heterocycles. The Morgan fingerprint density at radius 2 is 2.12 bits per heavy atom. The largest absolute Gasteiger partial charge is 0.356 e. The molecule has 98 valence electrons. The molecular formula is C13H25N3O. The van der Waals surface area contributed by atoms with Crippen LogP contribution in [0.2, 0.25) is 0 Å². The third-order valence-electron chi connectivity index (χ3n) is 4.03. The maximum absolute atomic E-state index is 11.5. The van der Waals surface area contributed by atoms with Gasteiger partial charge in [0.2, 0.25) is 5.91 Å². The molecule has 0 spiro atoms. The predicted molar refractivity (Wildman–Crippen MR) is 68.9 cm³/mol. The minimum Gasteiger partial charge on any atom is -0.356 e. The molecule has 0 aromatic carbocycles. The zero-order valence-electron chi connectivity index (χ0n) is 10.9. The van der Waals surface area contributed by atoms with Crippen LogP contribution in [0.5, 0.6) is 0 Å². The number of nitrogens with one attached hydrogen (secondary N) is 2. The Morgan fingerprint density at radius 3 is 2.88 bits per heavy atom. The predicted octanol–water partition coefficient (Wildman–Crippen LogP) is 0.587. The van der Waals surface area contributed by atoms with Gasteiger partial charge in [-0.05, 0) is 51.7 Å². The lowest BCUT2D eigenvalue weighted by molar-refractivity contribution is -0.121. The van der Waals surface area contributed by atoms with E-state index in [4.69, 9.17) is 0 Å². The molecule has 0 saturated carbocycles. The number of hydrogen-bond donors (Lipinski definition) is 2. The van der Waals surface area contributed by atoms with Gasteiger partial charge < -0.3 is 15.5 Å². The molecule has 0 aliphatic carbocycles. The summed E-state index contributed by atoms with van der Waals surface area (Å²) >= 11 is 0. The van der Waals surface area contributed by atoms with Crippen LogP contribution in [0.1, 0.15) is 32.1 Å². The summed E-state index contributed by atoms with van der Waals surface area (Å²) in [5, 5.41) is 6.41. The Bertz CT molecular complexity index is 251. The fraction of sp³-hybridized carbons (Fsp3) is 0.923. The molecule has 1 amide bonds. The first-order valence-corrected chi connectivity index (χ1v) is 6.93. The van der Waals surface area contributed by atoms with Crippen molar-refractivity contribution in [1.82, 2.24) is 15.5 Å². The molecule has 2 saturated heterocycles. The van der Waals surface area contributed by atoms with Crippen molar-refractivity contribution in [2.24, 2.45) is 5.92 Å². The summed E-state index contributed by atoms with van der Waals surface area (Å²) in [6, 6.07) is 0.444. The summed E-state index contributed by atoms with van der Waals surface area (Å²) in [7, 11) is 2.18. The van der Waals surface area contributed by atoms with Crippen LogP contribution in [0.4, 0.5) is 0 Å². The molecule has 0 aromatic heterocycles. The molecule has 2 aliphatic rings. The number of carbonyl (C=O) groups excluding carboxylic acids is 1. The lowest BCUT2D eigenvalue weighted by Crippen LogP contribution is -2.41. The molecule has 0 radical (unpaired) electrons. The molecule has 0 bridgehead atoms. The Balaban J connectivity index is 1.80. The van der Waals surface area contributed by atoms with Crippen molar-refractivity contribution in [3.8, 4) is 0 Å². The molecule has 2 N–H and O–H groups in total. The quantitative estimate of drug-likeness (QED) is 0.757. The van der Waals surface area contributed by atoms with Crippen LogP contribution in [0.3, 0.4) is 0 Å². The van der Waals surface area contributed by atoms with Gasteiger partial charge in [0.05, 0.1) is 0 Å². The second-order valence-corrected chi connectivity index (χ2v) is 5.50. The molecule has 2 atom stereocenters. The third kappa shape index (κ3) is 3.96. The molecule has 2 unspecified atom stereocenters. The Morgan fingerprint density at radius 1 is 1.29 bits per heavy atom. The van der Waals surface area contributed by atoms with E-state index in [1.165, 1.54) is 19.4 Å². The number of carbonyl (C=O) groups is 1. The van der Waals surface area contributed by atoms with E-state index in [0.717, 1.165) is 38.4 Å². The van der Waals surface area contributed by atoms with Crippen LogP contribution in [-0.4, -0.2) is 50.1 Å². The topological polar surface area (TPSA) is 44.4 Å². The van der Waals surface area contributed by atoms with Gasteiger partial charge in [-0.15, -0.1) is 0 Å². The van der Waals surface area contributed by atoms with Crippen molar-refractivity contribution in [1.29, 1.82) is 0 Å². The first kappa shape index (κ1) is 12.8. The van der Waals surface area contributed by atoms with Crippen molar-refractivity contribution >= 4 is 5.91 Å². The van der Waals surface area contributed by atoms with Crippen LogP contribution in [0, 0.1) is 5.92 Å². The number of rotatable bonds is 3. The summed E-state index contributed by atoms with van der Waals surface area (Å²) in [6.45, 7) is 4.30. The lowest BCUT2D eigenvalue weighted by Gasteiger charge is -2.32. The molecule has 2 heterocycles. The summed E-state index contributed by atoms with van der Waals surface area (Å²) in [5.74, 6) is 0.987. The number of hydrogen-bond acceptors (Lipinski definition) is 3. The van der Waals surface area contributed by atoms with Gasteiger partial charge in [0.1, 0.15) is 0 Å². The van der Waals surface area contributed by atoms with Crippen molar-refractivity contribution in [2.45, 2.75) is 38.1 Å². The Kier molecular flexibility index (Phi) is 4.80. The molecular weight excluding hydrogens is 214 g/mol. The van der Waals surface area contributed by atoms with Crippen LogP contribution in [0.25, 0.3) is 0 Å². The molecule has 0 aromatic rings. The van der Waals surface area contributed by atoms with Crippen LogP contribution in [0.15, 0.2) is 0 Å². The minimum atomic E-state index is 0.223. The second-order valence-electron chi connectivity index (χ2n) is 5.50. The van der Waals surface area contributed by atoms with Crippen molar-refractivity contribution in [3.63, 3.8) is 0 Å². The maximum Gasteiger partial charge on any atom is 0.221 e. The van der Waals surface area contributed by atoms with E-state index in [1.807, 2.05) is 0 Å². The van der Waals surface area contributed by atoms with Crippen molar-refractivity contribution < 1.29 is 4.79 Å². The van der Waals surface area contributed by atoms with Gasteiger partial charge in [-0.25, -0.2) is 0 Å². The number of amides is 1. The van der Waals surface area contributed by atoms with E-state index in [0.29, 0.717) is 12.5 Å². The zero-order chi connectivity index (χ0) is 12.1. The van der Waals surface area contributed by atoms with E-state index in [9.17, 15) is 4.79 Å². The van der Waals surface area contributed by atoms with E-state index in [1.54, 1.807) is 0 Å². The van der Waals surface area contributed by atoms with Crippen molar-refractivity contribution in [2.75, 3.05) is 33.2 Å². The molecule has 2 fully saturated rings. The second kappa shape index (κ2) is 6.36. The van der Waals surface area contributed by atoms with Gasteiger partial charge in [-0.3, -0.25) is 4.79 Å². The van der Waals surface area contributed by atoms with Gasteiger partial charge in [0.15, 0.2) is 0 Å². The highest BCUT2D eigenvalue weighted by molar-refractivity contribution is 5.76. The van der Waals surface area contributed by atoms with Crippen molar-refractivity contribution in [3.05, 3.63) is 0 Å². The normalized spacial score (nSPS) is 31.1. The van der Waals surface area contributed by atoms with Crippen LogP contribution < -0.4 is 10.6 Å². The average Bonchev–Trinajstić information content (AvgIpc) is 2.55. The van der Waals surface area contributed by atoms with Crippen LogP contribution >= 0.6 is 0 Å². The third-order valence-corrected chi connectivity index (χ3v) is 4.03. The SMILES string of the molecule is CN(CC1CCCNC1)C1CCCNC(=O)C1. The fourth-order valence-electron chi connectivity index (χ4n) is 2.97. The zero-order valence-corrected chi connectivity index (χ0v) is 10.9. The lowest BCUT2D eigenvalue weighted by atomic mass is 9.97. The summed E-state index contributed by atoms with van der Waals surface area (Å²) < 4.78 is 0. The fourth-order valence-corrected chi connectivity index (χ4v) is 2.97. The summed E-state index contributed by atoms with van der Waals surface area (Å²) in [6.07, 6.45) is 5.57. The summed E-state index contributed by atoms with van der Waals surface area (Å²) in [5.41, 5.74) is 0. The maximum atomic E-state index is 11.5. The number of piperidine rings is 1. The van der Waals surface area contributed by atoms with Gasteiger partial charge in [0, 0.05) is 25.6 Å². The molecule has 4 heteroatoms. The standard InChI is InChI=1S/C13H25N3O/c1-16(10-11-4-2-6-14-9-11)12-5-3-7-15-13(17)8-12/h11-12,14H,2-10H2,1H3,(H,15,17). The van der Waals surface area contributed by atoms with Gasteiger partial charge in [0.25, 0.3) is 0 Å². The molecule has 2 rings (SSSR count). The Hall–Kier alpha value is -0.610. The van der Waals surface area contributed by atoms with E-state index in [2.05, 4.69) is 22.6 Å². The van der Waals surface area contributed by atoms with Gasteiger partial charge in [-0.2, -0.15) is 0 Å². The van der Waals surface area contributed by atoms with Gasteiger partial charge in [-0.1, -0.05) is 0 Å². The smallest absolute Gasteiger partial charge is 0.221 e. The monoisotopic (exact) mass is 239 g/mol. The first-order valence-electron chi connectivity index (χ1n) is 6.93. The van der Waals surface area contributed by atoms with E-state index < -0.39 is 0 Å². The molecule has 17 heavy (non-hydrogen) atoms. The average molecular weight is 239 g/mol. The highest BCUT2D eigenvalue weighted by Gasteiger charge is 2.23. The number of nitrogens with zero attached hydrogens (tertiary/aromatic N) is 1. The van der Waals surface area contributed by atoms with E-state index in [-0.39, 0.29) is 5.91 Å². The first-order chi connectivity index (χ1) is 8.25. The highest BCUT2D eigenvalue weighted by Crippen LogP contribution is 2.17. The highest BCUT2D eigenvalue weighted by atomic mass is 16.1. The summed E-state index contributed by atoms with van der Waals surface area (Å²) in [4.78, 5) is 13.9. The van der Waals surface area contributed by atoms with E-state index >= 15 is 0 Å². The van der Waals surface area contributed by atoms with Gasteiger partial charge >= 0.3 is 0 Å². The Labute approximate surface area is 104 Å². The molecule has 4 nitrogen and oxygen atoms in total. The van der Waals surface area contributed by atoms with Crippen LogP contribution in [-0.2, 0) is 4.79 Å².